The lowest BCUT2D eigenvalue weighted by atomic mass is 9.73. The number of piperidine rings is 9. The Bertz CT molecular complexity index is 2590. The molecule has 0 amide bonds. The van der Waals surface area contributed by atoms with Crippen LogP contribution in [0.2, 0.25) is 0 Å². The number of ether oxygens (including phenoxy) is 3. The van der Waals surface area contributed by atoms with E-state index in [4.69, 9.17) is 14.2 Å². The van der Waals surface area contributed by atoms with Crippen molar-refractivity contribution in [2.24, 2.45) is 35.5 Å². The molecule has 378 valence electrons. The Balaban J connectivity index is 0.000000124. The molecule has 12 nitrogen and oxygen atoms in total. The molecule has 6 bridgehead atoms. The first-order chi connectivity index (χ1) is 35.1. The van der Waals surface area contributed by atoms with Crippen molar-refractivity contribution in [3.05, 3.63) is 146 Å². The lowest BCUT2D eigenvalue weighted by Gasteiger charge is -2.50. The molecule has 12 heteroatoms. The fourth-order valence-corrected chi connectivity index (χ4v) is 13.3. The molecule has 9 aliphatic heterocycles. The smallest absolute Gasteiger partial charge is 0.119 e. The van der Waals surface area contributed by atoms with Crippen molar-refractivity contribution in [1.29, 1.82) is 0 Å². The number of pyridine rings is 3. The number of methoxy groups -OCH3 is 3. The van der Waals surface area contributed by atoms with E-state index in [9.17, 15) is 15.3 Å². The summed E-state index contributed by atoms with van der Waals surface area (Å²) in [5, 5.41) is 36.4. The Labute approximate surface area is 424 Å². The van der Waals surface area contributed by atoms with Crippen LogP contribution in [-0.2, 0) is 0 Å². The summed E-state index contributed by atoms with van der Waals surface area (Å²) in [5.41, 5.74) is 5.54. The molecule has 9 saturated heterocycles. The number of fused-ring (bicyclic) bond motifs is 12. The van der Waals surface area contributed by atoms with Crippen LogP contribution in [0.5, 0.6) is 17.2 Å². The number of hydrogen-bond donors (Lipinski definition) is 3. The maximum absolute atomic E-state index is 11.2. The molecule has 15 atom stereocenters. The van der Waals surface area contributed by atoms with Gasteiger partial charge in [-0.2, -0.15) is 0 Å². The first kappa shape index (κ1) is 49.8. The van der Waals surface area contributed by atoms with E-state index >= 15 is 0 Å². The van der Waals surface area contributed by atoms with E-state index in [1.165, 1.54) is 19.3 Å². The van der Waals surface area contributed by atoms with Crippen molar-refractivity contribution in [2.75, 3.05) is 60.6 Å². The van der Waals surface area contributed by atoms with E-state index in [2.05, 4.69) is 67.6 Å². The minimum Gasteiger partial charge on any atom is -0.497 e. The highest BCUT2D eigenvalue weighted by Gasteiger charge is 2.45. The first-order valence-electron chi connectivity index (χ1n) is 26.0. The largest absolute Gasteiger partial charge is 0.497 e. The summed E-state index contributed by atoms with van der Waals surface area (Å²) in [5.74, 6) is 6.02. The van der Waals surface area contributed by atoms with Gasteiger partial charge in [-0.15, -0.1) is 19.7 Å². The maximum Gasteiger partial charge on any atom is 0.119 e. The van der Waals surface area contributed by atoms with Gasteiger partial charge in [0.1, 0.15) is 17.2 Å². The molecule has 0 unspecified atom stereocenters. The zero-order valence-corrected chi connectivity index (χ0v) is 42.2. The van der Waals surface area contributed by atoms with Gasteiger partial charge in [0.25, 0.3) is 0 Å². The summed E-state index contributed by atoms with van der Waals surface area (Å²) < 4.78 is 16.0. The van der Waals surface area contributed by atoms with Gasteiger partial charge in [-0.25, -0.2) is 0 Å². The number of hydrogen-bond acceptors (Lipinski definition) is 12. The number of aliphatic hydroxyl groups excluding tert-OH is 3. The second-order valence-electron chi connectivity index (χ2n) is 20.9. The van der Waals surface area contributed by atoms with E-state index < -0.39 is 18.3 Å². The third kappa shape index (κ3) is 9.77. The second-order valence-corrected chi connectivity index (χ2v) is 20.9. The van der Waals surface area contributed by atoms with Gasteiger partial charge in [0.2, 0.25) is 0 Å². The Hall–Kier alpha value is -5.73. The molecule has 0 radical (unpaired) electrons. The van der Waals surface area contributed by atoms with Crippen molar-refractivity contribution >= 4 is 32.7 Å². The zero-order chi connectivity index (χ0) is 50.0. The lowest BCUT2D eigenvalue weighted by Crippen LogP contribution is -2.54. The molecule has 9 fully saturated rings. The average Bonchev–Trinajstić information content (AvgIpc) is 3.46. The molecule has 9 aliphatic rings. The maximum atomic E-state index is 11.2. The van der Waals surface area contributed by atoms with E-state index in [1.807, 2.05) is 72.8 Å². The van der Waals surface area contributed by atoms with Crippen LogP contribution in [0, 0.1) is 35.5 Å². The van der Waals surface area contributed by atoms with Gasteiger partial charge in [0, 0.05) is 72.5 Å². The summed E-state index contributed by atoms with van der Waals surface area (Å²) >= 11 is 0. The molecular formula is C60H72N6O6. The van der Waals surface area contributed by atoms with Crippen LogP contribution in [0.3, 0.4) is 0 Å². The summed E-state index contributed by atoms with van der Waals surface area (Å²) in [4.78, 5) is 20.6. The summed E-state index contributed by atoms with van der Waals surface area (Å²) in [6.07, 6.45) is 16.9. The second kappa shape index (κ2) is 21.8. The van der Waals surface area contributed by atoms with Gasteiger partial charge >= 0.3 is 0 Å². The Morgan fingerprint density at radius 2 is 0.764 bits per heavy atom. The Morgan fingerprint density at radius 1 is 0.472 bits per heavy atom. The van der Waals surface area contributed by atoms with Crippen LogP contribution < -0.4 is 14.2 Å². The van der Waals surface area contributed by atoms with Crippen molar-refractivity contribution in [1.82, 2.24) is 29.7 Å². The predicted octanol–water partition coefficient (Wildman–Crippen LogP) is 9.52. The van der Waals surface area contributed by atoms with Crippen LogP contribution in [-0.4, -0.2) is 124 Å². The zero-order valence-electron chi connectivity index (χ0n) is 42.2. The fourth-order valence-electron chi connectivity index (χ4n) is 13.3. The van der Waals surface area contributed by atoms with E-state index in [0.29, 0.717) is 35.5 Å². The molecular weight excluding hydrogens is 901 g/mol. The van der Waals surface area contributed by atoms with Crippen LogP contribution in [0.25, 0.3) is 32.7 Å². The summed E-state index contributed by atoms with van der Waals surface area (Å²) in [6, 6.07) is 23.9. The highest BCUT2D eigenvalue weighted by molar-refractivity contribution is 5.85. The molecule has 0 aliphatic carbocycles. The molecule has 6 aromatic rings. The van der Waals surface area contributed by atoms with Crippen LogP contribution in [0.15, 0.2) is 129 Å². The van der Waals surface area contributed by atoms with Crippen molar-refractivity contribution in [3.8, 4) is 17.2 Å². The molecule has 3 N–H and O–H groups in total. The standard InChI is InChI=1S/3C20H24N2O2/c3*1-3-13-12-22-9-7-14(13)10-19(22)20(23)16-6-8-21-18-5-4-15(24-2)11-17(16)18/h3*3-6,8,11,13-14,19-20,23H,1,7,9-10,12H2,2H3/t3*13-,14-,19+,20-/m000/s1. The molecule has 3 aromatic carbocycles. The number of nitrogens with zero attached hydrogens (tertiary/aromatic N) is 6. The van der Waals surface area contributed by atoms with E-state index in [-0.39, 0.29) is 18.1 Å². The normalized spacial score (nSPS) is 30.2. The fraction of sp³-hybridized carbons (Fsp3) is 0.450. The SMILES string of the molecule is C=C[C@H]1C[N@]2CC[C@H]1C[C@@H]2[C@@H](O)c1ccnc2ccc(OC)cc12.C=C[C@H]1C[N@]2CC[C@H]1C[C@@H]2[C@@H](O)c1ccnc2ccc(OC)cc12.C=C[C@H]1C[N@]2CC[C@H]1C[C@@H]2[C@@H](O)c1ccnc2ccc(OC)cc12. The summed E-state index contributed by atoms with van der Waals surface area (Å²) in [6.45, 7) is 18.2. The average molecular weight is 973 g/mol. The predicted molar refractivity (Wildman–Crippen MR) is 285 cm³/mol. The van der Waals surface area contributed by atoms with Gasteiger partial charge in [-0.1, -0.05) is 18.2 Å². The molecule has 15 rings (SSSR count). The summed E-state index contributed by atoms with van der Waals surface area (Å²) in [7, 11) is 4.98. The number of benzene rings is 3. The van der Waals surface area contributed by atoms with Gasteiger partial charge in [0.05, 0.1) is 56.2 Å². The van der Waals surface area contributed by atoms with Gasteiger partial charge in [-0.05, 0) is 183 Å². The van der Waals surface area contributed by atoms with Crippen LogP contribution in [0.4, 0.5) is 0 Å². The Kier molecular flexibility index (Phi) is 15.1. The van der Waals surface area contributed by atoms with Gasteiger partial charge in [-0.3, -0.25) is 29.7 Å². The third-order valence-electron chi connectivity index (χ3n) is 17.5. The molecule has 0 saturated carbocycles. The molecule has 72 heavy (non-hydrogen) atoms. The molecule has 0 spiro atoms. The first-order valence-corrected chi connectivity index (χ1v) is 26.0. The van der Waals surface area contributed by atoms with Crippen LogP contribution >= 0.6 is 0 Å². The van der Waals surface area contributed by atoms with Gasteiger partial charge in [0.15, 0.2) is 0 Å². The Morgan fingerprint density at radius 3 is 1.00 bits per heavy atom. The minimum absolute atomic E-state index is 0.178. The molecule has 3 aromatic heterocycles. The van der Waals surface area contributed by atoms with Crippen LogP contribution in [0.1, 0.15) is 73.5 Å². The van der Waals surface area contributed by atoms with Crippen molar-refractivity contribution in [3.63, 3.8) is 0 Å². The van der Waals surface area contributed by atoms with Crippen molar-refractivity contribution < 1.29 is 29.5 Å². The highest BCUT2D eigenvalue weighted by Crippen LogP contribution is 2.45. The molecule has 12 heterocycles. The lowest BCUT2D eigenvalue weighted by molar-refractivity contribution is -0.0445. The highest BCUT2D eigenvalue weighted by atomic mass is 16.5. The van der Waals surface area contributed by atoms with Crippen molar-refractivity contribution in [2.45, 2.75) is 75.0 Å². The monoisotopic (exact) mass is 973 g/mol. The number of aliphatic hydroxyl groups is 3. The third-order valence-corrected chi connectivity index (χ3v) is 17.5. The van der Waals surface area contributed by atoms with Gasteiger partial charge < -0.3 is 29.5 Å². The van der Waals surface area contributed by atoms with E-state index in [0.717, 1.165) is 125 Å². The minimum atomic E-state index is -0.504. The quantitative estimate of drug-likeness (QED) is 0.101. The number of aromatic nitrogens is 3. The topological polar surface area (TPSA) is 137 Å². The number of rotatable bonds is 12. The van der Waals surface area contributed by atoms with E-state index in [1.54, 1.807) is 39.9 Å².